The smallest absolute Gasteiger partial charge is 0.0241 e. The van der Waals surface area contributed by atoms with Crippen molar-refractivity contribution in [2.24, 2.45) is 0 Å². The summed E-state index contributed by atoms with van der Waals surface area (Å²) in [5, 5.41) is 0.724. The summed E-state index contributed by atoms with van der Waals surface area (Å²) in [4.78, 5) is 5.59. The Morgan fingerprint density at radius 2 is 0.867 bits per heavy atom. The maximum atomic E-state index is 2.79. The molecule has 0 N–H and O–H groups in total. The minimum absolute atomic E-state index is 0.120. The molecule has 1 saturated heterocycles. The number of nitrogens with zero attached hydrogens (tertiary/aromatic N) is 2. The van der Waals surface area contributed by atoms with E-state index in [4.69, 9.17) is 0 Å². The van der Waals surface area contributed by atoms with E-state index in [2.05, 4.69) is 112 Å². The molecule has 0 saturated carbocycles. The molecule has 0 radical (unpaired) electrons. The van der Waals surface area contributed by atoms with Crippen molar-refractivity contribution in [3.05, 3.63) is 71.8 Å². The van der Waals surface area contributed by atoms with Crippen molar-refractivity contribution in [3.8, 4) is 0 Å². The fourth-order valence-corrected chi connectivity index (χ4v) is 8.80. The molecule has 2 aromatic rings. The second-order valence-electron chi connectivity index (χ2n) is 10.6. The third-order valence-corrected chi connectivity index (χ3v) is 12.6. The average Bonchev–Trinajstić information content (AvgIpc) is 2.65. The zero-order valence-corrected chi connectivity index (χ0v) is 21.6. The van der Waals surface area contributed by atoms with Gasteiger partial charge < -0.3 is 0 Å². The van der Waals surface area contributed by atoms with Crippen LogP contribution in [0.1, 0.15) is 52.7 Å². The molecule has 1 aliphatic rings. The lowest BCUT2D eigenvalue weighted by molar-refractivity contribution is 0.321. The maximum absolute atomic E-state index is 2.79. The first-order valence-electron chi connectivity index (χ1n) is 11.1. The van der Waals surface area contributed by atoms with Gasteiger partial charge in [-0.05, 0) is 21.4 Å². The van der Waals surface area contributed by atoms with E-state index >= 15 is 0 Å². The second kappa shape index (κ2) is 10.2. The lowest BCUT2D eigenvalue weighted by atomic mass is 10.2. The van der Waals surface area contributed by atoms with Gasteiger partial charge in [0.15, 0.2) is 0 Å². The monoisotopic (exact) mass is 442 g/mol. The molecule has 4 heteroatoms. The summed E-state index contributed by atoms with van der Waals surface area (Å²) in [6.45, 7) is 16.9. The molecule has 0 unspecified atom stereocenters. The van der Waals surface area contributed by atoms with Crippen LogP contribution < -0.4 is 0 Å². The predicted molar refractivity (Wildman–Crippen MR) is 137 cm³/mol. The van der Waals surface area contributed by atoms with E-state index < -0.39 is 0 Å². The van der Waals surface area contributed by atoms with Gasteiger partial charge in [-0.1, -0.05) is 118 Å². The van der Waals surface area contributed by atoms with Crippen molar-refractivity contribution < 1.29 is 0 Å². The van der Waals surface area contributed by atoms with E-state index in [1.807, 2.05) is 0 Å². The molecule has 2 nitrogen and oxygen atoms in total. The summed E-state index contributed by atoms with van der Waals surface area (Å²) in [6, 6.07) is 22.1. The molecule has 0 aliphatic carbocycles. The van der Waals surface area contributed by atoms with Gasteiger partial charge in [-0.25, -0.2) is 0 Å². The van der Waals surface area contributed by atoms with Crippen LogP contribution in [-0.4, -0.2) is 45.3 Å². The highest BCUT2D eigenvalue weighted by Crippen LogP contribution is 2.57. The lowest BCUT2D eigenvalue weighted by Crippen LogP contribution is -2.39. The molecule has 0 spiro atoms. The van der Waals surface area contributed by atoms with Crippen molar-refractivity contribution in [2.45, 2.75) is 64.9 Å². The fourth-order valence-electron chi connectivity index (χ4n) is 3.88. The van der Waals surface area contributed by atoms with Gasteiger partial charge in [0, 0.05) is 38.2 Å². The van der Waals surface area contributed by atoms with E-state index in [1.54, 1.807) is 0 Å². The predicted octanol–water partition coefficient (Wildman–Crippen LogP) is 7.40. The van der Waals surface area contributed by atoms with Gasteiger partial charge in [0.05, 0.1) is 0 Å². The molecular weight excluding hydrogens is 402 g/mol. The molecule has 30 heavy (non-hydrogen) atoms. The SMILES string of the molecule is CC(C)(C)P1CN(Cc2ccccc2)CP(C(C)(C)C)CN(Cc2ccccc2)C1. The molecule has 1 fully saturated rings. The molecule has 0 aromatic heterocycles. The number of hydrogen-bond donors (Lipinski definition) is 0. The van der Waals surface area contributed by atoms with E-state index in [-0.39, 0.29) is 15.8 Å². The molecule has 1 aliphatic heterocycles. The van der Waals surface area contributed by atoms with Crippen LogP contribution >= 0.6 is 15.8 Å². The van der Waals surface area contributed by atoms with Crippen LogP contribution in [0, 0.1) is 0 Å². The van der Waals surface area contributed by atoms with Crippen molar-refractivity contribution in [1.82, 2.24) is 9.80 Å². The molecular formula is C26H40N2P2. The molecule has 1 heterocycles. The van der Waals surface area contributed by atoms with Crippen LogP contribution in [0.2, 0.25) is 0 Å². The average molecular weight is 443 g/mol. The van der Waals surface area contributed by atoms with Gasteiger partial charge in [-0.15, -0.1) is 0 Å². The topological polar surface area (TPSA) is 6.48 Å². The third kappa shape index (κ3) is 7.13. The van der Waals surface area contributed by atoms with Gasteiger partial charge in [0.1, 0.15) is 0 Å². The Bertz CT molecular complexity index is 686. The minimum atomic E-state index is -0.120. The van der Waals surface area contributed by atoms with Crippen molar-refractivity contribution in [2.75, 3.05) is 25.1 Å². The largest absolute Gasteiger partial charge is 0.291 e. The zero-order chi connectivity index (χ0) is 21.8. The van der Waals surface area contributed by atoms with Gasteiger partial charge in [0.25, 0.3) is 0 Å². The van der Waals surface area contributed by atoms with Crippen LogP contribution in [0.15, 0.2) is 60.7 Å². The van der Waals surface area contributed by atoms with Crippen LogP contribution in [0.25, 0.3) is 0 Å². The fraction of sp³-hybridized carbons (Fsp3) is 0.538. The molecule has 164 valence electrons. The number of benzene rings is 2. The maximum Gasteiger partial charge on any atom is 0.0241 e. The van der Waals surface area contributed by atoms with Gasteiger partial charge in [0.2, 0.25) is 0 Å². The van der Waals surface area contributed by atoms with Crippen molar-refractivity contribution in [1.29, 1.82) is 0 Å². The number of hydrogen-bond acceptors (Lipinski definition) is 2. The van der Waals surface area contributed by atoms with Crippen LogP contribution in [-0.2, 0) is 13.1 Å². The van der Waals surface area contributed by atoms with Gasteiger partial charge in [-0.3, -0.25) is 9.80 Å². The Kier molecular flexibility index (Phi) is 8.14. The summed E-state index contributed by atoms with van der Waals surface area (Å²) < 4.78 is 0. The van der Waals surface area contributed by atoms with Crippen molar-refractivity contribution in [3.63, 3.8) is 0 Å². The Hall–Kier alpha value is -0.780. The Morgan fingerprint density at radius 1 is 0.567 bits per heavy atom. The Labute approximate surface area is 187 Å². The first-order valence-corrected chi connectivity index (χ1v) is 14.6. The Morgan fingerprint density at radius 3 is 1.13 bits per heavy atom. The highest BCUT2D eigenvalue weighted by Gasteiger charge is 2.35. The normalized spacial score (nSPS) is 22.5. The quantitative estimate of drug-likeness (QED) is 0.455. The van der Waals surface area contributed by atoms with E-state index in [1.165, 1.54) is 36.3 Å². The number of rotatable bonds is 4. The van der Waals surface area contributed by atoms with Crippen LogP contribution in [0.5, 0.6) is 0 Å². The molecule has 0 amide bonds. The summed E-state index contributed by atoms with van der Waals surface area (Å²) in [5.74, 6) is 0. The highest BCUT2D eigenvalue weighted by atomic mass is 31.1. The first-order chi connectivity index (χ1) is 14.1. The second-order valence-corrected chi connectivity index (χ2v) is 16.6. The van der Waals surface area contributed by atoms with Crippen molar-refractivity contribution >= 4 is 15.8 Å². The highest BCUT2D eigenvalue weighted by molar-refractivity contribution is 7.60. The van der Waals surface area contributed by atoms with Gasteiger partial charge >= 0.3 is 0 Å². The molecule has 0 bridgehead atoms. The third-order valence-electron chi connectivity index (χ3n) is 5.88. The summed E-state index contributed by atoms with van der Waals surface area (Å²) >= 11 is 0. The van der Waals surface area contributed by atoms with E-state index in [0.29, 0.717) is 10.3 Å². The van der Waals surface area contributed by atoms with E-state index in [0.717, 1.165) is 13.1 Å². The van der Waals surface area contributed by atoms with Crippen LogP contribution in [0.4, 0.5) is 0 Å². The summed E-state index contributed by atoms with van der Waals surface area (Å²) in [7, 11) is -0.240. The molecule has 3 rings (SSSR count). The van der Waals surface area contributed by atoms with Crippen LogP contribution in [0.3, 0.4) is 0 Å². The molecule has 2 aromatic carbocycles. The summed E-state index contributed by atoms with van der Waals surface area (Å²) in [5.41, 5.74) is 2.90. The molecule has 0 atom stereocenters. The standard InChI is InChI=1S/C26H40N2P2/c1-25(2,3)29-19-27(17-23-13-9-7-10-14-23)21-30(26(4,5)6)22-28(20-29)18-24-15-11-8-12-16-24/h7-16H,17-22H2,1-6H3. The van der Waals surface area contributed by atoms with Gasteiger partial charge in [-0.2, -0.15) is 0 Å². The Balaban J connectivity index is 1.85. The minimum Gasteiger partial charge on any atom is -0.291 e. The zero-order valence-electron chi connectivity index (χ0n) is 19.8. The van der Waals surface area contributed by atoms with E-state index in [9.17, 15) is 0 Å². The lowest BCUT2D eigenvalue weighted by Gasteiger charge is -2.46. The first kappa shape index (κ1) is 23.9. The summed E-state index contributed by atoms with van der Waals surface area (Å²) in [6.07, 6.45) is 4.98.